The van der Waals surface area contributed by atoms with E-state index in [4.69, 9.17) is 5.73 Å². The van der Waals surface area contributed by atoms with Crippen LogP contribution in [-0.2, 0) is 10.0 Å². The molecule has 15 heavy (non-hydrogen) atoms. The van der Waals surface area contributed by atoms with Crippen molar-refractivity contribution >= 4 is 10.0 Å². The highest BCUT2D eigenvalue weighted by atomic mass is 32.2. The molecule has 0 fully saturated rings. The Morgan fingerprint density at radius 1 is 1.20 bits per heavy atom. The Morgan fingerprint density at radius 2 is 1.87 bits per heavy atom. The zero-order valence-electron chi connectivity index (χ0n) is 9.70. The first kappa shape index (κ1) is 14.8. The maximum atomic E-state index is 11.4. The van der Waals surface area contributed by atoms with Crippen molar-refractivity contribution in [2.45, 2.75) is 19.3 Å². The van der Waals surface area contributed by atoms with Gasteiger partial charge in [-0.3, -0.25) is 0 Å². The Morgan fingerprint density at radius 3 is 2.40 bits per heavy atom. The summed E-state index contributed by atoms with van der Waals surface area (Å²) in [5, 5.41) is 0. The molecule has 92 valence electrons. The molecule has 0 unspecified atom stereocenters. The number of sulfonamides is 1. The molecule has 0 saturated carbocycles. The average Bonchev–Trinajstić information content (AvgIpc) is 2.13. The highest BCUT2D eigenvalue weighted by Crippen LogP contribution is 1.93. The van der Waals surface area contributed by atoms with Crippen LogP contribution in [0.2, 0.25) is 0 Å². The van der Waals surface area contributed by atoms with E-state index in [2.05, 4.69) is 4.72 Å². The lowest BCUT2D eigenvalue weighted by Crippen LogP contribution is -2.29. The van der Waals surface area contributed by atoms with E-state index < -0.39 is 10.0 Å². The lowest BCUT2D eigenvalue weighted by Gasteiger charge is -2.10. The Kier molecular flexibility index (Phi) is 7.95. The molecule has 0 radical (unpaired) electrons. The standard InChI is InChI=1S/C9H23N3O2S/c1-12(2)8-5-7-11-15(13,14)9-4-3-6-10/h11H,3-10H2,1-2H3. The molecule has 0 aliphatic rings. The molecule has 0 aliphatic carbocycles. The van der Waals surface area contributed by atoms with Crippen LogP contribution < -0.4 is 10.5 Å². The molecule has 0 aliphatic heterocycles. The van der Waals surface area contributed by atoms with Crippen LogP contribution >= 0.6 is 0 Å². The van der Waals surface area contributed by atoms with Gasteiger partial charge in [-0.25, -0.2) is 13.1 Å². The predicted octanol–water partition coefficient (Wildman–Crippen LogP) is -0.404. The second-order valence-electron chi connectivity index (χ2n) is 3.87. The zero-order valence-corrected chi connectivity index (χ0v) is 10.5. The minimum atomic E-state index is -3.08. The lowest BCUT2D eigenvalue weighted by molar-refractivity contribution is 0.400. The summed E-state index contributed by atoms with van der Waals surface area (Å²) in [7, 11) is 0.860. The van der Waals surface area contributed by atoms with E-state index in [1.54, 1.807) is 0 Å². The fourth-order valence-electron chi connectivity index (χ4n) is 1.13. The fraction of sp³-hybridized carbons (Fsp3) is 1.00. The molecule has 5 nitrogen and oxygen atoms in total. The van der Waals surface area contributed by atoms with Crippen LogP contribution in [0.3, 0.4) is 0 Å². The van der Waals surface area contributed by atoms with Gasteiger partial charge in [0.05, 0.1) is 5.75 Å². The molecular weight excluding hydrogens is 214 g/mol. The molecule has 0 aromatic heterocycles. The van der Waals surface area contributed by atoms with E-state index >= 15 is 0 Å². The summed E-state index contributed by atoms with van der Waals surface area (Å²) < 4.78 is 25.3. The van der Waals surface area contributed by atoms with Gasteiger partial charge < -0.3 is 10.6 Å². The number of hydrogen-bond acceptors (Lipinski definition) is 4. The van der Waals surface area contributed by atoms with Gasteiger partial charge in [-0.15, -0.1) is 0 Å². The SMILES string of the molecule is CN(C)CCCNS(=O)(=O)CCCCN. The van der Waals surface area contributed by atoms with Crippen molar-refractivity contribution in [3.63, 3.8) is 0 Å². The van der Waals surface area contributed by atoms with Crippen molar-refractivity contribution in [3.05, 3.63) is 0 Å². The highest BCUT2D eigenvalue weighted by molar-refractivity contribution is 7.89. The molecule has 6 heteroatoms. The number of rotatable bonds is 9. The molecule has 0 atom stereocenters. The van der Waals surface area contributed by atoms with Gasteiger partial charge in [-0.2, -0.15) is 0 Å². The molecule has 0 spiro atoms. The minimum Gasteiger partial charge on any atom is -0.330 e. The number of nitrogens with two attached hydrogens (primary N) is 1. The summed E-state index contributed by atoms with van der Waals surface area (Å²) in [5.41, 5.74) is 5.29. The van der Waals surface area contributed by atoms with Crippen LogP contribution in [0.1, 0.15) is 19.3 Å². The summed E-state index contributed by atoms with van der Waals surface area (Å²) >= 11 is 0. The first-order chi connectivity index (χ1) is 6.98. The Bertz CT molecular complexity index is 240. The highest BCUT2D eigenvalue weighted by Gasteiger charge is 2.08. The summed E-state index contributed by atoms with van der Waals surface area (Å²) in [6, 6.07) is 0. The van der Waals surface area contributed by atoms with Crippen LogP contribution in [0.4, 0.5) is 0 Å². The second-order valence-corrected chi connectivity index (χ2v) is 5.79. The molecule has 3 N–H and O–H groups in total. The van der Waals surface area contributed by atoms with E-state index in [9.17, 15) is 8.42 Å². The number of nitrogens with zero attached hydrogens (tertiary/aromatic N) is 1. The van der Waals surface area contributed by atoms with Crippen molar-refractivity contribution in [1.29, 1.82) is 0 Å². The van der Waals surface area contributed by atoms with Gasteiger partial charge in [-0.05, 0) is 46.4 Å². The smallest absolute Gasteiger partial charge is 0.211 e. The molecule has 0 aromatic carbocycles. The van der Waals surface area contributed by atoms with Gasteiger partial charge in [-0.1, -0.05) is 0 Å². The molecule has 0 aromatic rings. The first-order valence-corrected chi connectivity index (χ1v) is 6.95. The topological polar surface area (TPSA) is 75.4 Å². The third-order valence-corrected chi connectivity index (χ3v) is 3.44. The first-order valence-electron chi connectivity index (χ1n) is 5.30. The Hall–Kier alpha value is -0.170. The van der Waals surface area contributed by atoms with E-state index in [1.165, 1.54) is 0 Å². The van der Waals surface area contributed by atoms with Gasteiger partial charge in [0.25, 0.3) is 0 Å². The molecule has 0 heterocycles. The van der Waals surface area contributed by atoms with Crippen LogP contribution in [0.25, 0.3) is 0 Å². The molecule has 0 amide bonds. The quantitative estimate of drug-likeness (QED) is 0.535. The van der Waals surface area contributed by atoms with E-state index in [1.807, 2.05) is 19.0 Å². The van der Waals surface area contributed by atoms with E-state index in [-0.39, 0.29) is 5.75 Å². The van der Waals surface area contributed by atoms with Crippen LogP contribution in [0.5, 0.6) is 0 Å². The lowest BCUT2D eigenvalue weighted by atomic mass is 10.3. The maximum Gasteiger partial charge on any atom is 0.211 e. The number of unbranched alkanes of at least 4 members (excludes halogenated alkanes) is 1. The average molecular weight is 237 g/mol. The molecule has 0 saturated heterocycles. The zero-order chi connectivity index (χ0) is 11.7. The predicted molar refractivity (Wildman–Crippen MR) is 63.2 cm³/mol. The Balaban J connectivity index is 3.56. The Labute approximate surface area is 93.1 Å². The summed E-state index contributed by atoms with van der Waals surface area (Å²) in [6.45, 7) is 1.96. The number of nitrogens with one attached hydrogen (secondary N) is 1. The van der Waals surface area contributed by atoms with Gasteiger partial charge >= 0.3 is 0 Å². The fourth-order valence-corrected chi connectivity index (χ4v) is 2.32. The molecule has 0 rings (SSSR count). The third-order valence-electron chi connectivity index (χ3n) is 1.97. The number of hydrogen-bond donors (Lipinski definition) is 2. The summed E-state index contributed by atoms with van der Waals surface area (Å²) in [5.74, 6) is 0.187. The largest absolute Gasteiger partial charge is 0.330 e. The second kappa shape index (κ2) is 8.04. The molecular formula is C9H23N3O2S. The van der Waals surface area contributed by atoms with Crippen LogP contribution in [-0.4, -0.2) is 52.8 Å². The van der Waals surface area contributed by atoms with Gasteiger partial charge in [0.1, 0.15) is 0 Å². The summed E-state index contributed by atoms with van der Waals surface area (Å²) in [6.07, 6.45) is 2.24. The third kappa shape index (κ3) is 10.1. The van der Waals surface area contributed by atoms with Crippen molar-refractivity contribution in [3.8, 4) is 0 Å². The monoisotopic (exact) mass is 237 g/mol. The van der Waals surface area contributed by atoms with Crippen molar-refractivity contribution < 1.29 is 8.42 Å². The van der Waals surface area contributed by atoms with Gasteiger partial charge in [0.15, 0.2) is 0 Å². The van der Waals surface area contributed by atoms with E-state index in [0.717, 1.165) is 19.4 Å². The van der Waals surface area contributed by atoms with E-state index in [0.29, 0.717) is 19.5 Å². The van der Waals surface area contributed by atoms with Crippen molar-refractivity contribution in [2.75, 3.05) is 39.5 Å². The molecule has 0 bridgehead atoms. The minimum absolute atomic E-state index is 0.187. The van der Waals surface area contributed by atoms with Crippen molar-refractivity contribution in [2.24, 2.45) is 5.73 Å². The van der Waals surface area contributed by atoms with Crippen LogP contribution in [0, 0.1) is 0 Å². The van der Waals surface area contributed by atoms with Crippen molar-refractivity contribution in [1.82, 2.24) is 9.62 Å². The maximum absolute atomic E-state index is 11.4. The summed E-state index contributed by atoms with van der Waals surface area (Å²) in [4.78, 5) is 2.03. The van der Waals surface area contributed by atoms with Crippen LogP contribution in [0.15, 0.2) is 0 Å². The van der Waals surface area contributed by atoms with Gasteiger partial charge in [0.2, 0.25) is 10.0 Å². The normalized spacial score (nSPS) is 12.3. The van der Waals surface area contributed by atoms with Gasteiger partial charge in [0, 0.05) is 6.54 Å².